The summed E-state index contributed by atoms with van der Waals surface area (Å²) >= 11 is 5.23. The van der Waals surface area contributed by atoms with Gasteiger partial charge >= 0.3 is 0 Å². The maximum Gasteiger partial charge on any atom is 0.209 e. The predicted octanol–water partition coefficient (Wildman–Crippen LogP) is 4.13. The summed E-state index contributed by atoms with van der Waals surface area (Å²) in [7, 11) is 1.85. The van der Waals surface area contributed by atoms with Crippen LogP contribution >= 0.6 is 27.7 Å². The molecule has 0 aliphatic rings. The van der Waals surface area contributed by atoms with Crippen molar-refractivity contribution in [1.82, 2.24) is 25.5 Å². The molecule has 0 unspecified atom stereocenters. The van der Waals surface area contributed by atoms with E-state index in [1.165, 1.54) is 11.1 Å². The standard InChI is InChI=1S/C20H24BrN5OS/c1-15-6-3-4-7-16(15)14-27-19-9-8-18(21)12-17(19)13-22-10-5-11-28-20-23-24-25-26(20)2/h3-4,6-9,12,22H,5,10-11,13-14H2,1-2H3. The SMILES string of the molecule is Cc1ccccc1COc1ccc(Br)cc1CNCCCSc1nnnn1C. The number of nitrogens with one attached hydrogen (secondary N) is 1. The quantitative estimate of drug-likeness (QED) is 0.361. The van der Waals surface area contributed by atoms with Gasteiger partial charge in [0.2, 0.25) is 5.16 Å². The number of hydrogen-bond donors (Lipinski definition) is 1. The van der Waals surface area contributed by atoms with Gasteiger partial charge in [-0.2, -0.15) is 0 Å². The maximum absolute atomic E-state index is 6.11. The van der Waals surface area contributed by atoms with E-state index in [1.54, 1.807) is 16.4 Å². The molecule has 28 heavy (non-hydrogen) atoms. The minimum Gasteiger partial charge on any atom is -0.489 e. The van der Waals surface area contributed by atoms with Gasteiger partial charge in [0.1, 0.15) is 12.4 Å². The van der Waals surface area contributed by atoms with Crippen molar-refractivity contribution in [1.29, 1.82) is 0 Å². The summed E-state index contributed by atoms with van der Waals surface area (Å²) < 4.78 is 8.86. The second-order valence-corrected chi connectivity index (χ2v) is 8.41. The van der Waals surface area contributed by atoms with E-state index < -0.39 is 0 Å². The second-order valence-electron chi connectivity index (χ2n) is 6.43. The average molecular weight is 462 g/mol. The van der Waals surface area contributed by atoms with E-state index in [2.05, 4.69) is 61.9 Å². The van der Waals surface area contributed by atoms with Crippen LogP contribution in [0.1, 0.15) is 23.1 Å². The summed E-state index contributed by atoms with van der Waals surface area (Å²) in [6.45, 7) is 4.36. The number of hydrogen-bond acceptors (Lipinski definition) is 6. The van der Waals surface area contributed by atoms with Gasteiger partial charge in [-0.25, -0.2) is 4.68 Å². The molecule has 6 nitrogen and oxygen atoms in total. The van der Waals surface area contributed by atoms with Crippen LogP contribution in [0, 0.1) is 6.92 Å². The number of aromatic nitrogens is 4. The maximum atomic E-state index is 6.11. The van der Waals surface area contributed by atoms with Crippen molar-refractivity contribution in [2.75, 3.05) is 12.3 Å². The van der Waals surface area contributed by atoms with Gasteiger partial charge in [-0.05, 0) is 59.6 Å². The lowest BCUT2D eigenvalue weighted by Crippen LogP contribution is -2.16. The van der Waals surface area contributed by atoms with Crippen molar-refractivity contribution in [3.8, 4) is 5.75 Å². The third kappa shape index (κ3) is 6.05. The third-order valence-electron chi connectivity index (χ3n) is 4.29. The number of ether oxygens (including phenoxy) is 1. The Labute approximate surface area is 178 Å². The van der Waals surface area contributed by atoms with E-state index in [1.807, 2.05) is 31.3 Å². The number of thioether (sulfide) groups is 1. The van der Waals surface area contributed by atoms with Crippen LogP contribution in [0.25, 0.3) is 0 Å². The van der Waals surface area contributed by atoms with Crippen LogP contribution < -0.4 is 10.1 Å². The Morgan fingerprint density at radius 1 is 1.18 bits per heavy atom. The van der Waals surface area contributed by atoms with E-state index in [0.29, 0.717) is 6.61 Å². The topological polar surface area (TPSA) is 64.9 Å². The van der Waals surface area contributed by atoms with Crippen molar-refractivity contribution in [3.63, 3.8) is 0 Å². The Balaban J connectivity index is 1.47. The minimum atomic E-state index is 0.573. The first-order valence-electron chi connectivity index (χ1n) is 9.15. The van der Waals surface area contributed by atoms with Gasteiger partial charge in [0.15, 0.2) is 0 Å². The molecule has 8 heteroatoms. The first kappa shape index (κ1) is 20.8. The lowest BCUT2D eigenvalue weighted by atomic mass is 10.1. The van der Waals surface area contributed by atoms with Gasteiger partial charge in [0.05, 0.1) is 0 Å². The molecule has 0 spiro atoms. The molecule has 0 saturated carbocycles. The Hall–Kier alpha value is -1.90. The van der Waals surface area contributed by atoms with Gasteiger partial charge in [-0.1, -0.05) is 52.0 Å². The average Bonchev–Trinajstić information content (AvgIpc) is 3.10. The summed E-state index contributed by atoms with van der Waals surface area (Å²) in [6.07, 6.45) is 1.03. The van der Waals surface area contributed by atoms with Crippen molar-refractivity contribution in [3.05, 3.63) is 63.6 Å². The van der Waals surface area contributed by atoms with Gasteiger partial charge in [-0.3, -0.25) is 0 Å². The molecule has 0 aliphatic carbocycles. The Morgan fingerprint density at radius 3 is 2.82 bits per heavy atom. The molecule has 2 aromatic carbocycles. The van der Waals surface area contributed by atoms with Crippen LogP contribution in [-0.4, -0.2) is 32.5 Å². The fourth-order valence-electron chi connectivity index (χ4n) is 2.68. The minimum absolute atomic E-state index is 0.573. The predicted molar refractivity (Wildman–Crippen MR) is 115 cm³/mol. The fourth-order valence-corrected chi connectivity index (χ4v) is 3.88. The molecule has 1 aromatic heterocycles. The highest BCUT2D eigenvalue weighted by atomic mass is 79.9. The molecule has 3 aromatic rings. The normalized spacial score (nSPS) is 11.0. The van der Waals surface area contributed by atoms with Crippen LogP contribution in [0.4, 0.5) is 0 Å². The molecular weight excluding hydrogens is 438 g/mol. The van der Waals surface area contributed by atoms with Gasteiger partial charge < -0.3 is 10.1 Å². The number of nitrogens with zero attached hydrogens (tertiary/aromatic N) is 4. The van der Waals surface area contributed by atoms with E-state index in [4.69, 9.17) is 4.74 Å². The number of tetrazole rings is 1. The van der Waals surface area contributed by atoms with Crippen molar-refractivity contribution in [2.45, 2.75) is 31.7 Å². The highest BCUT2D eigenvalue weighted by Crippen LogP contribution is 2.24. The fraction of sp³-hybridized carbons (Fsp3) is 0.350. The Bertz CT molecular complexity index is 902. The lowest BCUT2D eigenvalue weighted by molar-refractivity contribution is 0.301. The molecule has 1 N–H and O–H groups in total. The zero-order chi connectivity index (χ0) is 19.8. The highest BCUT2D eigenvalue weighted by Gasteiger charge is 2.07. The molecular formula is C20H24BrN5OS. The zero-order valence-electron chi connectivity index (χ0n) is 16.1. The van der Waals surface area contributed by atoms with Crippen LogP contribution in [0.2, 0.25) is 0 Å². The van der Waals surface area contributed by atoms with Gasteiger partial charge in [0, 0.05) is 29.4 Å². The van der Waals surface area contributed by atoms with Crippen LogP contribution in [0.15, 0.2) is 52.1 Å². The summed E-state index contributed by atoms with van der Waals surface area (Å²) in [5.41, 5.74) is 3.60. The van der Waals surface area contributed by atoms with Crippen molar-refractivity contribution >= 4 is 27.7 Å². The molecule has 0 bridgehead atoms. The second kappa shape index (κ2) is 10.6. The number of halogens is 1. The number of benzene rings is 2. The Kier molecular flexibility index (Phi) is 7.88. The summed E-state index contributed by atoms with van der Waals surface area (Å²) in [5.74, 6) is 1.88. The number of rotatable bonds is 10. The van der Waals surface area contributed by atoms with Gasteiger partial charge in [-0.15, -0.1) is 5.10 Å². The molecule has 0 amide bonds. The lowest BCUT2D eigenvalue weighted by Gasteiger charge is -2.14. The molecule has 148 valence electrons. The highest BCUT2D eigenvalue weighted by molar-refractivity contribution is 9.10. The smallest absolute Gasteiger partial charge is 0.209 e. The van der Waals surface area contributed by atoms with Gasteiger partial charge in [0.25, 0.3) is 0 Å². The number of aryl methyl sites for hydroxylation is 2. The molecule has 3 rings (SSSR count). The van der Waals surface area contributed by atoms with E-state index in [9.17, 15) is 0 Å². The molecule has 0 fully saturated rings. The first-order valence-corrected chi connectivity index (χ1v) is 10.9. The molecule has 0 radical (unpaired) electrons. The molecule has 0 aliphatic heterocycles. The van der Waals surface area contributed by atoms with Crippen LogP contribution in [0.3, 0.4) is 0 Å². The van der Waals surface area contributed by atoms with Crippen molar-refractivity contribution < 1.29 is 4.74 Å². The Morgan fingerprint density at radius 2 is 2.04 bits per heavy atom. The largest absolute Gasteiger partial charge is 0.489 e. The molecule has 1 heterocycles. The van der Waals surface area contributed by atoms with E-state index in [0.717, 1.165) is 46.2 Å². The van der Waals surface area contributed by atoms with Crippen LogP contribution in [0.5, 0.6) is 5.75 Å². The summed E-state index contributed by atoms with van der Waals surface area (Å²) in [4.78, 5) is 0. The molecule has 0 atom stereocenters. The summed E-state index contributed by atoms with van der Waals surface area (Å²) in [6, 6.07) is 14.5. The van der Waals surface area contributed by atoms with E-state index in [-0.39, 0.29) is 0 Å². The summed E-state index contributed by atoms with van der Waals surface area (Å²) in [5, 5.41) is 15.8. The molecule has 0 saturated heterocycles. The van der Waals surface area contributed by atoms with Crippen LogP contribution in [-0.2, 0) is 20.2 Å². The van der Waals surface area contributed by atoms with E-state index >= 15 is 0 Å². The van der Waals surface area contributed by atoms with Crippen molar-refractivity contribution in [2.24, 2.45) is 7.05 Å². The monoisotopic (exact) mass is 461 g/mol. The third-order valence-corrected chi connectivity index (χ3v) is 5.88. The first-order chi connectivity index (χ1) is 13.6. The zero-order valence-corrected chi connectivity index (χ0v) is 18.5.